The van der Waals surface area contributed by atoms with Crippen LogP contribution < -0.4 is 40.0 Å². The topological polar surface area (TPSA) is 69.2 Å². The monoisotopic (exact) mass is 387 g/mol. The van der Waals surface area contributed by atoms with Gasteiger partial charge in [-0.05, 0) is 71.3 Å². The summed E-state index contributed by atoms with van der Waals surface area (Å²) < 4.78 is 0.857. The van der Waals surface area contributed by atoms with E-state index in [1.807, 2.05) is 6.07 Å². The molecule has 0 unspecified atom stereocenters. The van der Waals surface area contributed by atoms with Crippen molar-refractivity contribution < 1.29 is 44.3 Å². The third-order valence-corrected chi connectivity index (χ3v) is 5.60. The molecule has 4 nitrogen and oxygen atoms in total. The summed E-state index contributed by atoms with van der Waals surface area (Å²) in [5, 5.41) is 14.3. The molecule has 3 rings (SSSR count). The number of aryl methyl sites for hydroxylation is 2. The first kappa shape index (κ1) is 19.0. The van der Waals surface area contributed by atoms with E-state index in [4.69, 9.17) is 0 Å². The molecule has 2 aliphatic rings. The Morgan fingerprint density at radius 3 is 2.35 bits per heavy atom. The van der Waals surface area contributed by atoms with Gasteiger partial charge in [-0.2, -0.15) is 0 Å². The van der Waals surface area contributed by atoms with E-state index in [1.165, 1.54) is 11.1 Å². The SMILES string of the molecule is O=C(CC1(C(=O)[O-])CCCC1)Nc1cc2c(cc1Br)CCC2.[Na+]. The summed E-state index contributed by atoms with van der Waals surface area (Å²) in [5.74, 6) is -1.34. The Labute approximate surface area is 166 Å². The number of carbonyl (C=O) groups is 2. The second-order valence-electron chi connectivity index (χ2n) is 6.45. The molecular weight excluding hydrogens is 369 g/mol. The van der Waals surface area contributed by atoms with E-state index in [0.29, 0.717) is 12.8 Å². The van der Waals surface area contributed by atoms with Gasteiger partial charge in [-0.15, -0.1) is 0 Å². The maximum Gasteiger partial charge on any atom is 1.00 e. The van der Waals surface area contributed by atoms with Crippen LogP contribution in [0.5, 0.6) is 0 Å². The Morgan fingerprint density at radius 1 is 1.13 bits per heavy atom. The molecule has 0 radical (unpaired) electrons. The second-order valence-corrected chi connectivity index (χ2v) is 7.31. The van der Waals surface area contributed by atoms with Crippen molar-refractivity contribution in [1.82, 2.24) is 0 Å². The maximum absolute atomic E-state index is 12.3. The van der Waals surface area contributed by atoms with Crippen molar-refractivity contribution in [3.05, 3.63) is 27.7 Å². The van der Waals surface area contributed by atoms with Gasteiger partial charge in [-0.25, -0.2) is 0 Å². The van der Waals surface area contributed by atoms with Gasteiger partial charge in [0.2, 0.25) is 5.91 Å². The third-order valence-electron chi connectivity index (χ3n) is 4.95. The first-order chi connectivity index (χ1) is 10.5. The first-order valence-corrected chi connectivity index (χ1v) is 8.62. The molecule has 6 heteroatoms. The van der Waals surface area contributed by atoms with Crippen LogP contribution in [0.2, 0.25) is 0 Å². The molecule has 0 aliphatic heterocycles. The molecule has 1 fully saturated rings. The van der Waals surface area contributed by atoms with E-state index >= 15 is 0 Å². The fraction of sp³-hybridized carbons (Fsp3) is 0.529. The molecule has 118 valence electrons. The van der Waals surface area contributed by atoms with E-state index in [1.54, 1.807) is 0 Å². The second kappa shape index (κ2) is 7.68. The number of anilines is 1. The summed E-state index contributed by atoms with van der Waals surface area (Å²) in [6.45, 7) is 0. The molecule has 2 aliphatic carbocycles. The van der Waals surface area contributed by atoms with Gasteiger partial charge in [0.05, 0.1) is 5.69 Å². The van der Waals surface area contributed by atoms with Crippen LogP contribution in [0.3, 0.4) is 0 Å². The number of amides is 1. The minimum Gasteiger partial charge on any atom is -0.550 e. The molecular formula is C17H19BrNNaO3. The van der Waals surface area contributed by atoms with Crippen LogP contribution in [0.15, 0.2) is 16.6 Å². The Bertz CT molecular complexity index is 627. The van der Waals surface area contributed by atoms with Crippen molar-refractivity contribution >= 4 is 33.5 Å². The number of carboxylic acids is 1. The van der Waals surface area contributed by atoms with E-state index in [2.05, 4.69) is 27.3 Å². The van der Waals surface area contributed by atoms with Crippen molar-refractivity contribution in [3.63, 3.8) is 0 Å². The summed E-state index contributed by atoms with van der Waals surface area (Å²) >= 11 is 3.49. The van der Waals surface area contributed by atoms with Crippen LogP contribution in [-0.2, 0) is 22.4 Å². The summed E-state index contributed by atoms with van der Waals surface area (Å²) in [6, 6.07) is 4.06. The Hall–Kier alpha value is -0.360. The smallest absolute Gasteiger partial charge is 0.550 e. The largest absolute Gasteiger partial charge is 1.00 e. The number of aliphatic carboxylic acids is 1. The Morgan fingerprint density at radius 2 is 1.74 bits per heavy atom. The summed E-state index contributed by atoms with van der Waals surface area (Å²) in [4.78, 5) is 23.7. The predicted molar refractivity (Wildman–Crippen MR) is 85.3 cm³/mol. The van der Waals surface area contributed by atoms with E-state index in [-0.39, 0.29) is 41.9 Å². The first-order valence-electron chi connectivity index (χ1n) is 7.83. The van der Waals surface area contributed by atoms with Crippen LogP contribution >= 0.6 is 15.9 Å². The molecule has 0 aromatic heterocycles. The minimum absolute atomic E-state index is 0. The molecule has 0 atom stereocenters. The molecule has 1 saturated carbocycles. The van der Waals surface area contributed by atoms with E-state index in [9.17, 15) is 14.7 Å². The Balaban J connectivity index is 0.00000192. The molecule has 23 heavy (non-hydrogen) atoms. The number of fused-ring (bicyclic) bond motifs is 1. The Kier molecular flexibility index (Phi) is 6.34. The summed E-state index contributed by atoms with van der Waals surface area (Å²) in [5.41, 5.74) is 2.35. The van der Waals surface area contributed by atoms with Gasteiger partial charge in [0.15, 0.2) is 0 Å². The van der Waals surface area contributed by atoms with Crippen LogP contribution in [0, 0.1) is 5.41 Å². The fourth-order valence-corrected chi connectivity index (χ4v) is 4.19. The zero-order chi connectivity index (χ0) is 15.7. The molecule has 1 aromatic carbocycles. The molecule has 0 saturated heterocycles. The zero-order valence-electron chi connectivity index (χ0n) is 13.4. The van der Waals surface area contributed by atoms with Gasteiger partial charge in [-0.3, -0.25) is 4.79 Å². The molecule has 0 spiro atoms. The van der Waals surface area contributed by atoms with Gasteiger partial charge in [0.25, 0.3) is 0 Å². The van der Waals surface area contributed by atoms with Crippen LogP contribution in [-0.4, -0.2) is 11.9 Å². The summed E-state index contributed by atoms with van der Waals surface area (Å²) in [6.07, 6.45) is 6.03. The number of hydrogen-bond acceptors (Lipinski definition) is 3. The van der Waals surface area contributed by atoms with Crippen LogP contribution in [0.4, 0.5) is 5.69 Å². The molecule has 0 heterocycles. The maximum atomic E-state index is 12.3. The van der Waals surface area contributed by atoms with Crippen molar-refractivity contribution in [2.75, 3.05) is 5.32 Å². The van der Waals surface area contributed by atoms with E-state index in [0.717, 1.165) is 42.3 Å². The van der Waals surface area contributed by atoms with Gasteiger partial charge in [0.1, 0.15) is 0 Å². The normalized spacial score (nSPS) is 18.1. The minimum atomic E-state index is -1.09. The number of halogens is 1. The predicted octanol–water partition coefficient (Wildman–Crippen LogP) is -0.419. The van der Waals surface area contributed by atoms with Crippen LogP contribution in [0.1, 0.15) is 49.7 Å². The molecule has 1 N–H and O–H groups in total. The fourth-order valence-electron chi connectivity index (χ4n) is 3.70. The van der Waals surface area contributed by atoms with E-state index < -0.39 is 11.4 Å². The summed E-state index contributed by atoms with van der Waals surface area (Å²) in [7, 11) is 0. The standard InChI is InChI=1S/C17H20BrNO3.Na/c18-13-8-11-4-3-5-12(11)9-14(13)19-15(20)10-17(16(21)22)6-1-2-7-17;/h8-9H,1-7,10H2,(H,19,20)(H,21,22);/q;+1/p-1. The van der Waals surface area contributed by atoms with Crippen molar-refractivity contribution in [3.8, 4) is 0 Å². The zero-order valence-corrected chi connectivity index (χ0v) is 17.0. The van der Waals surface area contributed by atoms with Gasteiger partial charge >= 0.3 is 29.6 Å². The quantitative estimate of drug-likeness (QED) is 0.713. The van der Waals surface area contributed by atoms with Gasteiger partial charge in [-0.1, -0.05) is 12.8 Å². The molecule has 1 aromatic rings. The van der Waals surface area contributed by atoms with Gasteiger partial charge < -0.3 is 15.2 Å². The number of carbonyl (C=O) groups excluding carboxylic acids is 2. The third kappa shape index (κ3) is 4.01. The van der Waals surface area contributed by atoms with Crippen molar-refractivity contribution in [2.45, 2.75) is 51.4 Å². The number of rotatable bonds is 4. The average Bonchev–Trinajstić information content (AvgIpc) is 3.08. The molecule has 0 bridgehead atoms. The number of carboxylic acid groups (broad SMARTS) is 1. The number of hydrogen-bond donors (Lipinski definition) is 1. The van der Waals surface area contributed by atoms with Crippen molar-refractivity contribution in [2.24, 2.45) is 5.41 Å². The number of nitrogens with one attached hydrogen (secondary N) is 1. The van der Waals surface area contributed by atoms with Crippen LogP contribution in [0.25, 0.3) is 0 Å². The average molecular weight is 388 g/mol. The van der Waals surface area contributed by atoms with Gasteiger partial charge in [0, 0.05) is 22.3 Å². The molecule has 1 amide bonds. The number of benzene rings is 1. The van der Waals surface area contributed by atoms with Crippen molar-refractivity contribution in [1.29, 1.82) is 0 Å².